The van der Waals surface area contributed by atoms with Crippen molar-refractivity contribution in [2.24, 2.45) is 0 Å². The van der Waals surface area contributed by atoms with Crippen molar-refractivity contribution in [3.8, 4) is 0 Å². The summed E-state index contributed by atoms with van der Waals surface area (Å²) in [6, 6.07) is 0. The number of nitrogens with zero attached hydrogens (tertiary/aromatic N) is 2. The van der Waals surface area contributed by atoms with E-state index in [4.69, 9.17) is 4.74 Å². The molecule has 1 aromatic rings. The zero-order valence-electron chi connectivity index (χ0n) is 12.1. The third kappa shape index (κ3) is 5.80. The second kappa shape index (κ2) is 7.07. The monoisotopic (exact) mass is 271 g/mol. The van der Waals surface area contributed by atoms with Crippen molar-refractivity contribution >= 4 is 16.5 Å². The van der Waals surface area contributed by atoms with Gasteiger partial charge in [0, 0.05) is 43.4 Å². The van der Waals surface area contributed by atoms with E-state index >= 15 is 0 Å². The van der Waals surface area contributed by atoms with Gasteiger partial charge in [0.25, 0.3) is 0 Å². The van der Waals surface area contributed by atoms with Gasteiger partial charge in [0.2, 0.25) is 0 Å². The number of nitrogens with one attached hydrogen (secondary N) is 1. The largest absolute Gasteiger partial charge is 0.380 e. The molecule has 0 fully saturated rings. The molecular formula is C13H25N3OS. The van der Waals surface area contributed by atoms with Gasteiger partial charge in [0.15, 0.2) is 5.13 Å². The van der Waals surface area contributed by atoms with E-state index in [1.165, 1.54) is 4.88 Å². The Morgan fingerprint density at radius 1 is 1.44 bits per heavy atom. The van der Waals surface area contributed by atoms with Crippen molar-refractivity contribution < 1.29 is 4.74 Å². The molecule has 4 nitrogen and oxygen atoms in total. The fourth-order valence-corrected chi connectivity index (χ4v) is 2.19. The molecule has 0 aliphatic rings. The molecule has 0 saturated heterocycles. The fourth-order valence-electron chi connectivity index (χ4n) is 1.35. The molecule has 1 aromatic heterocycles. The predicted octanol–water partition coefficient (Wildman–Crippen LogP) is 2.50. The van der Waals surface area contributed by atoms with Crippen molar-refractivity contribution in [2.75, 3.05) is 31.7 Å². The standard InChI is InChI=1S/C13H25N3OS/c1-6-17-8-7-16(5)12-14-9-11(18-12)10-15-13(2,3)4/h9,15H,6-8,10H2,1-5H3. The molecular weight excluding hydrogens is 246 g/mol. The highest BCUT2D eigenvalue weighted by Crippen LogP contribution is 2.21. The number of thiazole rings is 1. The Hall–Kier alpha value is -0.650. The van der Waals surface area contributed by atoms with E-state index in [0.29, 0.717) is 0 Å². The Kier molecular flexibility index (Phi) is 6.05. The Balaban J connectivity index is 2.42. The zero-order valence-corrected chi connectivity index (χ0v) is 12.9. The first-order chi connectivity index (χ1) is 8.42. The average molecular weight is 271 g/mol. The number of aromatic nitrogens is 1. The summed E-state index contributed by atoms with van der Waals surface area (Å²) in [5.41, 5.74) is 0.144. The quantitative estimate of drug-likeness (QED) is 0.773. The first kappa shape index (κ1) is 15.4. The highest BCUT2D eigenvalue weighted by atomic mass is 32.1. The lowest BCUT2D eigenvalue weighted by Gasteiger charge is -2.19. The summed E-state index contributed by atoms with van der Waals surface area (Å²) in [5, 5.41) is 4.53. The summed E-state index contributed by atoms with van der Waals surface area (Å²) < 4.78 is 5.35. The molecule has 0 aliphatic carbocycles. The molecule has 1 N–H and O–H groups in total. The minimum absolute atomic E-state index is 0.144. The smallest absolute Gasteiger partial charge is 0.185 e. The second-order valence-corrected chi connectivity index (χ2v) is 6.42. The first-order valence-corrected chi connectivity index (χ1v) is 7.22. The maximum Gasteiger partial charge on any atom is 0.185 e. The number of anilines is 1. The van der Waals surface area contributed by atoms with Crippen LogP contribution < -0.4 is 10.2 Å². The molecule has 0 unspecified atom stereocenters. The van der Waals surface area contributed by atoms with Gasteiger partial charge in [-0.15, -0.1) is 11.3 Å². The molecule has 0 bridgehead atoms. The number of ether oxygens (including phenoxy) is 1. The molecule has 1 heterocycles. The molecule has 1 rings (SSSR count). The third-order valence-corrected chi connectivity index (χ3v) is 3.55. The molecule has 0 saturated carbocycles. The molecule has 0 spiro atoms. The summed E-state index contributed by atoms with van der Waals surface area (Å²) in [6.07, 6.45) is 1.95. The summed E-state index contributed by atoms with van der Waals surface area (Å²) in [4.78, 5) is 7.85. The van der Waals surface area contributed by atoms with Crippen LogP contribution in [0.5, 0.6) is 0 Å². The van der Waals surface area contributed by atoms with Crippen LogP contribution in [-0.4, -0.2) is 37.3 Å². The van der Waals surface area contributed by atoms with Gasteiger partial charge in [-0.1, -0.05) is 0 Å². The molecule has 0 amide bonds. The lowest BCUT2D eigenvalue weighted by molar-refractivity contribution is 0.154. The van der Waals surface area contributed by atoms with Gasteiger partial charge in [-0.2, -0.15) is 0 Å². The van der Waals surface area contributed by atoms with Crippen LogP contribution in [-0.2, 0) is 11.3 Å². The molecule has 0 radical (unpaired) electrons. The molecule has 18 heavy (non-hydrogen) atoms. The van der Waals surface area contributed by atoms with Crippen LogP contribution in [0.4, 0.5) is 5.13 Å². The van der Waals surface area contributed by atoms with E-state index in [9.17, 15) is 0 Å². The van der Waals surface area contributed by atoms with Gasteiger partial charge >= 0.3 is 0 Å². The highest BCUT2D eigenvalue weighted by molar-refractivity contribution is 7.15. The Morgan fingerprint density at radius 2 is 2.17 bits per heavy atom. The number of likely N-dealkylation sites (N-methyl/N-ethyl adjacent to an activating group) is 1. The Labute approximate surface area is 114 Å². The summed E-state index contributed by atoms with van der Waals surface area (Å²) >= 11 is 1.74. The summed E-state index contributed by atoms with van der Waals surface area (Å²) in [7, 11) is 2.05. The Bertz CT molecular complexity index is 346. The minimum atomic E-state index is 0.144. The molecule has 0 aliphatic heterocycles. The molecule has 0 atom stereocenters. The van der Waals surface area contributed by atoms with E-state index in [2.05, 4.69) is 43.0 Å². The van der Waals surface area contributed by atoms with E-state index in [0.717, 1.165) is 31.4 Å². The first-order valence-electron chi connectivity index (χ1n) is 6.41. The van der Waals surface area contributed by atoms with Gasteiger partial charge in [0.05, 0.1) is 6.61 Å². The van der Waals surface area contributed by atoms with Crippen LogP contribution in [0.25, 0.3) is 0 Å². The van der Waals surface area contributed by atoms with Crippen LogP contribution in [0.3, 0.4) is 0 Å². The van der Waals surface area contributed by atoms with Gasteiger partial charge < -0.3 is 15.0 Å². The van der Waals surface area contributed by atoms with Crippen LogP contribution in [0.2, 0.25) is 0 Å². The van der Waals surface area contributed by atoms with Gasteiger partial charge in [-0.25, -0.2) is 4.98 Å². The number of hydrogen-bond donors (Lipinski definition) is 1. The maximum atomic E-state index is 5.35. The van der Waals surface area contributed by atoms with Crippen molar-refractivity contribution in [2.45, 2.75) is 39.8 Å². The van der Waals surface area contributed by atoms with Crippen molar-refractivity contribution in [3.63, 3.8) is 0 Å². The predicted molar refractivity (Wildman–Crippen MR) is 78.5 cm³/mol. The van der Waals surface area contributed by atoms with Crippen molar-refractivity contribution in [1.29, 1.82) is 0 Å². The zero-order chi connectivity index (χ0) is 13.6. The number of rotatable bonds is 7. The number of hydrogen-bond acceptors (Lipinski definition) is 5. The van der Waals surface area contributed by atoms with E-state index in [-0.39, 0.29) is 5.54 Å². The van der Waals surface area contributed by atoms with Crippen LogP contribution >= 0.6 is 11.3 Å². The van der Waals surface area contributed by atoms with Crippen LogP contribution in [0, 0.1) is 0 Å². The SMILES string of the molecule is CCOCCN(C)c1ncc(CNC(C)(C)C)s1. The lowest BCUT2D eigenvalue weighted by atomic mass is 10.1. The fraction of sp³-hybridized carbons (Fsp3) is 0.769. The lowest BCUT2D eigenvalue weighted by Crippen LogP contribution is -2.34. The normalized spacial score (nSPS) is 11.8. The molecule has 0 aromatic carbocycles. The summed E-state index contributed by atoms with van der Waals surface area (Å²) in [5.74, 6) is 0. The van der Waals surface area contributed by atoms with Gasteiger partial charge in [0.1, 0.15) is 0 Å². The molecule has 104 valence electrons. The van der Waals surface area contributed by atoms with E-state index < -0.39 is 0 Å². The summed E-state index contributed by atoms with van der Waals surface area (Å²) in [6.45, 7) is 11.8. The van der Waals surface area contributed by atoms with Gasteiger partial charge in [-0.3, -0.25) is 0 Å². The topological polar surface area (TPSA) is 37.4 Å². The van der Waals surface area contributed by atoms with E-state index in [1.807, 2.05) is 13.1 Å². The Morgan fingerprint density at radius 3 is 2.78 bits per heavy atom. The maximum absolute atomic E-state index is 5.35. The average Bonchev–Trinajstić information content (AvgIpc) is 2.74. The minimum Gasteiger partial charge on any atom is -0.380 e. The van der Waals surface area contributed by atoms with E-state index in [1.54, 1.807) is 11.3 Å². The van der Waals surface area contributed by atoms with Crippen molar-refractivity contribution in [1.82, 2.24) is 10.3 Å². The second-order valence-electron chi connectivity index (χ2n) is 5.33. The van der Waals surface area contributed by atoms with Crippen LogP contribution in [0.15, 0.2) is 6.20 Å². The third-order valence-electron chi connectivity index (χ3n) is 2.44. The van der Waals surface area contributed by atoms with Crippen molar-refractivity contribution in [3.05, 3.63) is 11.1 Å². The van der Waals surface area contributed by atoms with Crippen LogP contribution in [0.1, 0.15) is 32.6 Å². The molecule has 5 heteroatoms. The van der Waals surface area contributed by atoms with Gasteiger partial charge in [-0.05, 0) is 27.7 Å². The highest BCUT2D eigenvalue weighted by Gasteiger charge is 2.11.